The summed E-state index contributed by atoms with van der Waals surface area (Å²) in [7, 11) is 0. The number of carbonyl (C=O) groups excluding carboxylic acids is 3. The maximum absolute atomic E-state index is 12.7. The molecule has 0 aliphatic carbocycles. The number of fused-ring (bicyclic) bond motifs is 1. The zero-order valence-electron chi connectivity index (χ0n) is 18.6. The molecule has 36 heavy (non-hydrogen) atoms. The third-order valence-corrected chi connectivity index (χ3v) is 5.92. The van der Waals surface area contributed by atoms with E-state index in [1.165, 1.54) is 36.4 Å². The van der Waals surface area contributed by atoms with Crippen LogP contribution in [0.4, 0.5) is 0 Å². The number of aliphatic hydroxyl groups excluding tert-OH is 4. The Balaban J connectivity index is 1.64. The second-order valence-corrected chi connectivity index (χ2v) is 8.14. The van der Waals surface area contributed by atoms with Crippen LogP contribution < -0.4 is 9.84 Å². The second kappa shape index (κ2) is 9.88. The molecule has 5 atom stereocenters. The van der Waals surface area contributed by atoms with Crippen molar-refractivity contribution in [3.05, 3.63) is 95.1 Å². The zero-order chi connectivity index (χ0) is 26.0. The summed E-state index contributed by atoms with van der Waals surface area (Å²) < 4.78 is 10.9. The predicted molar refractivity (Wildman–Crippen MR) is 120 cm³/mol. The summed E-state index contributed by atoms with van der Waals surface area (Å²) in [6.45, 7) is 0. The van der Waals surface area contributed by atoms with Gasteiger partial charge in [0.25, 0.3) is 0 Å². The van der Waals surface area contributed by atoms with Gasteiger partial charge in [-0.1, -0.05) is 54.6 Å². The summed E-state index contributed by atoms with van der Waals surface area (Å²) in [6.07, 6.45) is -8.61. The minimum absolute atomic E-state index is 0.0527. The molecule has 3 aromatic carbocycles. The van der Waals surface area contributed by atoms with Gasteiger partial charge < -0.3 is 39.8 Å². The lowest BCUT2D eigenvalue weighted by Gasteiger charge is -2.30. The molecule has 0 radical (unpaired) electrons. The topological polar surface area (TPSA) is 174 Å². The van der Waals surface area contributed by atoms with Gasteiger partial charge in [-0.05, 0) is 18.2 Å². The van der Waals surface area contributed by atoms with Crippen molar-refractivity contribution in [1.29, 1.82) is 0 Å². The number of esters is 2. The van der Waals surface area contributed by atoms with Crippen LogP contribution >= 0.6 is 0 Å². The lowest BCUT2D eigenvalue weighted by molar-refractivity contribution is -0.268. The molecule has 0 amide bonds. The van der Waals surface area contributed by atoms with E-state index >= 15 is 0 Å². The molecular formula is C26H21O10-. The van der Waals surface area contributed by atoms with Gasteiger partial charge in [-0.25, -0.2) is 9.59 Å². The zero-order valence-corrected chi connectivity index (χ0v) is 18.6. The summed E-state index contributed by atoms with van der Waals surface area (Å²) in [5.74, 6) is -2.17. The SMILES string of the molecule is O=CC(O)C(O)C(O)C(O)C(=O)Oc1ccc(C2(c3ccc([O-])cc3)OC(=O)c3ccccc32)cc1. The van der Waals surface area contributed by atoms with Crippen molar-refractivity contribution < 1.29 is 49.4 Å². The normalized spacial score (nSPS) is 19.9. The van der Waals surface area contributed by atoms with Gasteiger partial charge in [-0.3, -0.25) is 0 Å². The van der Waals surface area contributed by atoms with Crippen LogP contribution in [0.25, 0.3) is 0 Å². The summed E-state index contributed by atoms with van der Waals surface area (Å²) in [4.78, 5) is 35.5. The van der Waals surface area contributed by atoms with Crippen molar-refractivity contribution in [2.75, 3.05) is 0 Å². The van der Waals surface area contributed by atoms with E-state index < -0.39 is 42.0 Å². The first kappa shape index (κ1) is 25.0. The number of aliphatic hydroxyl groups is 4. The molecule has 1 heterocycles. The fourth-order valence-electron chi connectivity index (χ4n) is 4.05. The Morgan fingerprint density at radius 3 is 2.08 bits per heavy atom. The first-order valence-corrected chi connectivity index (χ1v) is 10.8. The number of benzene rings is 3. The van der Waals surface area contributed by atoms with Gasteiger partial charge in [0, 0.05) is 16.7 Å². The lowest BCUT2D eigenvalue weighted by atomic mass is 9.80. The smallest absolute Gasteiger partial charge is 0.343 e. The standard InChI is InChI=1S/C26H22O10/c27-13-20(29)21(30)22(31)23(32)25(34)35-17-11-7-15(8-12-17)26(14-5-9-16(28)10-6-14)19-4-2-1-3-18(19)24(33)36-26/h1-13,20-23,28-32H/p-1. The van der Waals surface area contributed by atoms with Gasteiger partial charge in [-0.15, -0.1) is 5.75 Å². The Morgan fingerprint density at radius 2 is 1.47 bits per heavy atom. The molecule has 186 valence electrons. The molecule has 0 saturated carbocycles. The first-order chi connectivity index (χ1) is 17.2. The molecule has 0 bridgehead atoms. The molecule has 4 rings (SSSR count). The highest BCUT2D eigenvalue weighted by molar-refractivity contribution is 5.96. The molecule has 1 aliphatic heterocycles. The number of ether oxygens (including phenoxy) is 2. The van der Waals surface area contributed by atoms with Crippen LogP contribution in [-0.2, 0) is 19.9 Å². The Morgan fingerprint density at radius 1 is 0.889 bits per heavy atom. The Bertz CT molecular complexity index is 1270. The summed E-state index contributed by atoms with van der Waals surface area (Å²) in [5, 5.41) is 50.4. The molecule has 10 heteroatoms. The van der Waals surface area contributed by atoms with E-state index in [9.17, 15) is 39.9 Å². The summed E-state index contributed by atoms with van der Waals surface area (Å²) in [6, 6.07) is 18.4. The quantitative estimate of drug-likeness (QED) is 0.186. The van der Waals surface area contributed by atoms with E-state index in [1.54, 1.807) is 36.4 Å². The second-order valence-electron chi connectivity index (χ2n) is 8.14. The minimum atomic E-state index is -2.26. The Labute approximate surface area is 204 Å². The molecule has 0 aromatic heterocycles. The molecular weight excluding hydrogens is 472 g/mol. The van der Waals surface area contributed by atoms with Gasteiger partial charge in [0.05, 0.1) is 5.56 Å². The average Bonchev–Trinajstić information content (AvgIpc) is 3.21. The Hall–Kier alpha value is -4.09. The highest BCUT2D eigenvalue weighted by Crippen LogP contribution is 2.47. The maximum Gasteiger partial charge on any atom is 0.343 e. The van der Waals surface area contributed by atoms with Crippen molar-refractivity contribution in [2.24, 2.45) is 0 Å². The lowest BCUT2D eigenvalue weighted by Crippen LogP contribution is -2.49. The van der Waals surface area contributed by atoms with Crippen molar-refractivity contribution >= 4 is 18.2 Å². The highest BCUT2D eigenvalue weighted by Gasteiger charge is 2.48. The fraction of sp³-hybridized carbons (Fsp3) is 0.192. The largest absolute Gasteiger partial charge is 0.872 e. The van der Waals surface area contributed by atoms with Crippen LogP contribution in [0.3, 0.4) is 0 Å². The first-order valence-electron chi connectivity index (χ1n) is 10.8. The van der Waals surface area contributed by atoms with Gasteiger partial charge >= 0.3 is 11.9 Å². The molecule has 0 spiro atoms. The van der Waals surface area contributed by atoms with Crippen LogP contribution in [0, 0.1) is 0 Å². The monoisotopic (exact) mass is 493 g/mol. The molecule has 0 saturated heterocycles. The third-order valence-electron chi connectivity index (χ3n) is 5.92. The Kier molecular flexibility index (Phi) is 6.86. The van der Waals surface area contributed by atoms with Crippen LogP contribution in [0.1, 0.15) is 27.0 Å². The molecule has 1 aliphatic rings. The van der Waals surface area contributed by atoms with E-state index in [2.05, 4.69) is 0 Å². The number of rotatable bonds is 8. The number of hydrogen-bond donors (Lipinski definition) is 4. The summed E-state index contributed by atoms with van der Waals surface area (Å²) in [5.41, 5.74) is 0.525. The van der Waals surface area contributed by atoms with E-state index in [0.717, 1.165) is 0 Å². The van der Waals surface area contributed by atoms with Crippen molar-refractivity contribution in [3.8, 4) is 11.5 Å². The van der Waals surface area contributed by atoms with Crippen molar-refractivity contribution in [1.82, 2.24) is 0 Å². The van der Waals surface area contributed by atoms with E-state index in [1.807, 2.05) is 0 Å². The molecule has 3 aromatic rings. The van der Waals surface area contributed by atoms with Crippen LogP contribution in [0.2, 0.25) is 0 Å². The molecule has 4 N–H and O–H groups in total. The van der Waals surface area contributed by atoms with Crippen LogP contribution in [0.5, 0.6) is 11.5 Å². The van der Waals surface area contributed by atoms with Crippen LogP contribution in [0.15, 0.2) is 72.8 Å². The summed E-state index contributed by atoms with van der Waals surface area (Å²) >= 11 is 0. The maximum atomic E-state index is 12.7. The highest BCUT2D eigenvalue weighted by atomic mass is 16.6. The molecule has 0 fully saturated rings. The number of hydrogen-bond acceptors (Lipinski definition) is 10. The van der Waals surface area contributed by atoms with Crippen LogP contribution in [-0.4, -0.2) is 63.1 Å². The van der Waals surface area contributed by atoms with Gasteiger partial charge in [0.2, 0.25) is 0 Å². The number of carbonyl (C=O) groups is 3. The van der Waals surface area contributed by atoms with Gasteiger partial charge in [-0.2, -0.15) is 0 Å². The van der Waals surface area contributed by atoms with E-state index in [0.29, 0.717) is 22.3 Å². The number of cyclic esters (lactones) is 1. The van der Waals surface area contributed by atoms with Gasteiger partial charge in [0.1, 0.15) is 24.1 Å². The average molecular weight is 493 g/mol. The molecule has 5 unspecified atom stereocenters. The van der Waals surface area contributed by atoms with E-state index in [4.69, 9.17) is 9.47 Å². The number of aldehydes is 1. The van der Waals surface area contributed by atoms with Gasteiger partial charge in [0.15, 0.2) is 18.0 Å². The van der Waals surface area contributed by atoms with E-state index in [-0.39, 0.29) is 17.8 Å². The predicted octanol–water partition coefficient (Wildman–Crippen LogP) is -0.230. The third kappa shape index (κ3) is 4.34. The fourth-order valence-corrected chi connectivity index (χ4v) is 4.05. The van der Waals surface area contributed by atoms with Crippen molar-refractivity contribution in [2.45, 2.75) is 30.0 Å². The minimum Gasteiger partial charge on any atom is -0.872 e. The van der Waals surface area contributed by atoms with Crippen molar-refractivity contribution in [3.63, 3.8) is 0 Å². The molecule has 10 nitrogen and oxygen atoms in total.